The van der Waals surface area contributed by atoms with Crippen molar-refractivity contribution in [2.75, 3.05) is 4.90 Å². The zero-order valence-electron chi connectivity index (χ0n) is 39.7. The Bertz CT molecular complexity index is 2440. The molecule has 0 saturated heterocycles. The second-order valence-corrected chi connectivity index (χ2v) is 16.6. The first-order chi connectivity index (χ1) is 29.3. The Balaban J connectivity index is 0.000000254. The molecule has 1 fully saturated rings. The van der Waals surface area contributed by atoms with E-state index in [-0.39, 0.29) is 43.1 Å². The van der Waals surface area contributed by atoms with E-state index in [1.807, 2.05) is 12.1 Å². The Morgan fingerprint density at radius 1 is 0.807 bits per heavy atom. The second-order valence-electron chi connectivity index (χ2n) is 16.6. The number of aromatic nitrogens is 1. The van der Waals surface area contributed by atoms with Crippen molar-refractivity contribution in [3.63, 3.8) is 0 Å². The molecule has 3 nitrogen and oxygen atoms in total. The van der Waals surface area contributed by atoms with E-state index in [1.165, 1.54) is 83.1 Å². The first kappa shape index (κ1) is 34.5. The number of aryl methyl sites for hydroxylation is 2. The van der Waals surface area contributed by atoms with Crippen LogP contribution in [0.3, 0.4) is 0 Å². The van der Waals surface area contributed by atoms with Gasteiger partial charge in [-0.15, -0.1) is 35.5 Å². The number of benzene rings is 5. The van der Waals surface area contributed by atoms with Gasteiger partial charge in [-0.25, -0.2) is 0 Å². The molecule has 1 atom stereocenters. The molecule has 294 valence electrons. The van der Waals surface area contributed by atoms with Crippen molar-refractivity contribution < 1.29 is 32.7 Å². The predicted octanol–water partition coefficient (Wildman–Crippen LogP) is 15.2. The van der Waals surface area contributed by atoms with Gasteiger partial charge in [0, 0.05) is 31.6 Å². The van der Waals surface area contributed by atoms with Crippen LogP contribution in [0.1, 0.15) is 133 Å². The van der Waals surface area contributed by atoms with E-state index in [0.29, 0.717) is 28.7 Å². The van der Waals surface area contributed by atoms with Gasteiger partial charge >= 0.3 is 20.1 Å². The minimum atomic E-state index is -2.58. The number of para-hydroxylation sites is 2. The van der Waals surface area contributed by atoms with Crippen LogP contribution in [0.15, 0.2) is 115 Å². The van der Waals surface area contributed by atoms with Crippen LogP contribution in [0.4, 0.5) is 21.5 Å². The summed E-state index contributed by atoms with van der Waals surface area (Å²) in [4.78, 5) is 6.43. The molecule has 0 amide bonds. The number of halogens is 1. The third-order valence-corrected chi connectivity index (χ3v) is 11.3. The van der Waals surface area contributed by atoms with E-state index in [0.717, 1.165) is 23.5 Å². The fourth-order valence-corrected chi connectivity index (χ4v) is 7.97. The normalized spacial score (nSPS) is 18.1. The third kappa shape index (κ3) is 9.43. The standard InChI is InChI=1S/C39H44N2.C13H11FN.Ir/c1-26(2)33-24-32(29-18-16-28(17-19-29)30-20-22-39(5,6)23-21-30)25-34(27(3)4)37(33)41-36-15-11-10-14-35(36)40-38(41)31-12-8-7-9-13-31;1-9-7-13(15-8-10(9)2)11-3-5-12(14)6-4-11;/h7-12,14-19,24-27,30,38H,20-23H2,1-6H3;3,5-8H,1-2H3;/q-2;-1;+3/i;1D3,2D3;. The molecule has 1 aliphatic carbocycles. The summed E-state index contributed by atoms with van der Waals surface area (Å²) in [6.07, 6.45) is 6.15. The van der Waals surface area contributed by atoms with Crippen LogP contribution < -0.4 is 4.90 Å². The monoisotopic (exact) mass is 939 g/mol. The first-order valence-electron chi connectivity index (χ1n) is 22.8. The number of hydrogen-bond acceptors (Lipinski definition) is 2. The Morgan fingerprint density at radius 3 is 2.11 bits per heavy atom. The molecule has 5 aromatic carbocycles. The van der Waals surface area contributed by atoms with Crippen LogP contribution in [-0.2, 0) is 20.1 Å². The molecule has 0 spiro atoms. The van der Waals surface area contributed by atoms with Crippen LogP contribution in [0, 0.1) is 37.1 Å². The van der Waals surface area contributed by atoms with Gasteiger partial charge in [-0.1, -0.05) is 95.6 Å². The van der Waals surface area contributed by atoms with Gasteiger partial charge in [0.25, 0.3) is 0 Å². The van der Waals surface area contributed by atoms with Crippen molar-refractivity contribution in [3.05, 3.63) is 172 Å². The van der Waals surface area contributed by atoms with Crippen LogP contribution >= 0.6 is 0 Å². The van der Waals surface area contributed by atoms with Crippen LogP contribution in [-0.4, -0.2) is 4.98 Å². The van der Waals surface area contributed by atoms with E-state index in [2.05, 4.69) is 136 Å². The van der Waals surface area contributed by atoms with E-state index >= 15 is 0 Å². The Morgan fingerprint density at radius 2 is 1.49 bits per heavy atom. The molecule has 57 heavy (non-hydrogen) atoms. The van der Waals surface area contributed by atoms with Crippen molar-refractivity contribution in [1.82, 2.24) is 4.98 Å². The molecule has 2 aliphatic rings. The maximum absolute atomic E-state index is 12.9. The molecule has 2 heterocycles. The van der Waals surface area contributed by atoms with Crippen LogP contribution in [0.2, 0.25) is 0 Å². The largest absolute Gasteiger partial charge is 3.00 e. The molecule has 1 saturated carbocycles. The van der Waals surface area contributed by atoms with Gasteiger partial charge in [0.2, 0.25) is 0 Å². The van der Waals surface area contributed by atoms with Crippen molar-refractivity contribution in [3.8, 4) is 22.4 Å². The SMILES string of the molecule is CC(C)c1cc(-c2ccc(C3CCC(C)(C)CC3)cc2)cc(C(C)C)c1N1c2ccccc2[N-]C1c1[c-]cccc1.[2H]C([2H])([2H])c1cnc(-c2[c-]cc(F)cc2)cc1C([2H])([2H])[2H].[Ir+3]. The zero-order chi connectivity index (χ0) is 44.6. The predicted molar refractivity (Wildman–Crippen MR) is 233 cm³/mol. The topological polar surface area (TPSA) is 30.2 Å². The summed E-state index contributed by atoms with van der Waals surface area (Å²) in [5, 5.41) is 5.22. The summed E-state index contributed by atoms with van der Waals surface area (Å²) in [6, 6.07) is 42.2. The van der Waals surface area contributed by atoms with E-state index in [4.69, 9.17) is 13.5 Å². The number of hydrogen-bond donors (Lipinski definition) is 0. The fraction of sp³-hybridized carbons (Fsp3) is 0.327. The number of nitrogens with zero attached hydrogens (tertiary/aromatic N) is 3. The molecule has 5 heteroatoms. The molecule has 1 unspecified atom stereocenters. The summed E-state index contributed by atoms with van der Waals surface area (Å²) < 4.78 is 57.4. The quantitative estimate of drug-likeness (QED) is 0.149. The van der Waals surface area contributed by atoms with Gasteiger partial charge in [-0.3, -0.25) is 4.39 Å². The minimum absolute atomic E-state index is 0. The number of rotatable bonds is 7. The third-order valence-electron chi connectivity index (χ3n) is 11.3. The van der Waals surface area contributed by atoms with Crippen molar-refractivity contribution >= 4 is 17.1 Å². The minimum Gasteiger partial charge on any atom is -0.661 e. The molecule has 8 rings (SSSR count). The first-order valence-corrected chi connectivity index (χ1v) is 19.8. The fourth-order valence-electron chi connectivity index (χ4n) is 7.97. The number of fused-ring (bicyclic) bond motifs is 1. The van der Waals surface area contributed by atoms with E-state index in [9.17, 15) is 4.39 Å². The maximum Gasteiger partial charge on any atom is 3.00 e. The average Bonchev–Trinajstić information content (AvgIpc) is 3.62. The Labute approximate surface area is 363 Å². The molecule has 0 bridgehead atoms. The summed E-state index contributed by atoms with van der Waals surface area (Å²) >= 11 is 0. The van der Waals surface area contributed by atoms with Gasteiger partial charge in [0.1, 0.15) is 0 Å². The smallest absolute Gasteiger partial charge is 0.661 e. The van der Waals surface area contributed by atoms with Crippen molar-refractivity contribution in [2.45, 2.75) is 105 Å². The summed E-state index contributed by atoms with van der Waals surface area (Å²) in [7, 11) is 0. The van der Waals surface area contributed by atoms with Gasteiger partial charge in [0.15, 0.2) is 0 Å². The van der Waals surface area contributed by atoms with Gasteiger partial charge in [0.05, 0.1) is 0 Å². The van der Waals surface area contributed by atoms with Crippen LogP contribution in [0.5, 0.6) is 0 Å². The number of anilines is 2. The Kier molecular flexibility index (Phi) is 10.8. The maximum atomic E-state index is 12.9. The second kappa shape index (κ2) is 17.9. The molecule has 1 aromatic heterocycles. The summed E-state index contributed by atoms with van der Waals surface area (Å²) in [5.41, 5.74) is 12.0. The molecular formula is C52H55FIrN3. The van der Waals surface area contributed by atoms with E-state index in [1.54, 1.807) is 0 Å². The molecule has 6 aromatic rings. The molecule has 0 radical (unpaired) electrons. The average molecular weight is 939 g/mol. The van der Waals surface area contributed by atoms with E-state index < -0.39 is 19.5 Å². The van der Waals surface area contributed by atoms with Crippen molar-refractivity contribution in [2.24, 2.45) is 5.41 Å². The van der Waals surface area contributed by atoms with Gasteiger partial charge < -0.3 is 15.2 Å². The van der Waals surface area contributed by atoms with Gasteiger partial charge in [-0.2, -0.15) is 35.9 Å². The molecule has 0 N–H and O–H groups in total. The Hall–Kier alpha value is -4.57. The number of pyridine rings is 1. The molecule has 1 aliphatic heterocycles. The summed E-state index contributed by atoms with van der Waals surface area (Å²) in [6.45, 7) is 8.98. The summed E-state index contributed by atoms with van der Waals surface area (Å²) in [5.74, 6) is 0.942. The van der Waals surface area contributed by atoms with Gasteiger partial charge in [-0.05, 0) is 126 Å². The van der Waals surface area contributed by atoms with Crippen molar-refractivity contribution in [1.29, 1.82) is 0 Å². The molecular weight excluding hydrogens is 878 g/mol. The van der Waals surface area contributed by atoms with Crippen LogP contribution in [0.25, 0.3) is 27.7 Å². The zero-order valence-corrected chi connectivity index (χ0v) is 36.1.